The van der Waals surface area contributed by atoms with Gasteiger partial charge in [0.15, 0.2) is 0 Å². The molecular formula is C16H17FN4. The summed E-state index contributed by atoms with van der Waals surface area (Å²) in [5, 5.41) is 3.18. The summed E-state index contributed by atoms with van der Waals surface area (Å²) < 4.78 is 13.9. The van der Waals surface area contributed by atoms with Crippen LogP contribution in [0.2, 0.25) is 0 Å². The van der Waals surface area contributed by atoms with E-state index in [0.29, 0.717) is 18.2 Å². The monoisotopic (exact) mass is 284 g/mol. The lowest BCUT2D eigenvalue weighted by Crippen LogP contribution is -2.11. The number of rotatable bonds is 4. The molecule has 5 heteroatoms. The van der Waals surface area contributed by atoms with Crippen molar-refractivity contribution in [2.24, 2.45) is 0 Å². The average molecular weight is 284 g/mol. The van der Waals surface area contributed by atoms with Gasteiger partial charge in [-0.2, -0.15) is 0 Å². The fourth-order valence-electron chi connectivity index (χ4n) is 2.25. The van der Waals surface area contributed by atoms with E-state index >= 15 is 0 Å². The molecule has 0 aliphatic rings. The Morgan fingerprint density at radius 3 is 2.71 bits per heavy atom. The number of halogens is 1. The topological polar surface area (TPSA) is 44.0 Å². The molecule has 0 saturated heterocycles. The van der Waals surface area contributed by atoms with E-state index in [2.05, 4.69) is 15.3 Å². The Kier molecular flexibility index (Phi) is 3.48. The molecule has 0 fully saturated rings. The smallest absolute Gasteiger partial charge is 0.201 e. The van der Waals surface area contributed by atoms with Crippen molar-refractivity contribution in [3.05, 3.63) is 53.8 Å². The number of H-pyrrole nitrogens is 1. The number of fused-ring (bicyclic) bond motifs is 1. The third-order valence-corrected chi connectivity index (χ3v) is 3.34. The third-order valence-electron chi connectivity index (χ3n) is 3.34. The van der Waals surface area contributed by atoms with Gasteiger partial charge in [0.25, 0.3) is 0 Å². The van der Waals surface area contributed by atoms with Crippen molar-refractivity contribution in [1.29, 1.82) is 0 Å². The van der Waals surface area contributed by atoms with Gasteiger partial charge in [-0.15, -0.1) is 0 Å². The van der Waals surface area contributed by atoms with Crippen LogP contribution in [-0.2, 0) is 6.54 Å². The predicted molar refractivity (Wildman–Crippen MR) is 84.1 cm³/mol. The van der Waals surface area contributed by atoms with Gasteiger partial charge >= 0.3 is 0 Å². The second kappa shape index (κ2) is 5.44. The van der Waals surface area contributed by atoms with Gasteiger partial charge in [-0.3, -0.25) is 0 Å². The molecule has 0 saturated carbocycles. The van der Waals surface area contributed by atoms with E-state index in [1.807, 2.05) is 44.4 Å². The van der Waals surface area contributed by atoms with E-state index in [-0.39, 0.29) is 5.82 Å². The maximum Gasteiger partial charge on any atom is 0.201 e. The van der Waals surface area contributed by atoms with E-state index in [9.17, 15) is 4.39 Å². The van der Waals surface area contributed by atoms with E-state index < -0.39 is 0 Å². The van der Waals surface area contributed by atoms with E-state index in [0.717, 1.165) is 16.6 Å². The summed E-state index contributed by atoms with van der Waals surface area (Å²) in [6.07, 6.45) is 0. The second-order valence-corrected chi connectivity index (χ2v) is 5.14. The highest BCUT2D eigenvalue weighted by Crippen LogP contribution is 2.19. The number of aromatic nitrogens is 2. The van der Waals surface area contributed by atoms with Crippen LogP contribution in [0, 0.1) is 5.82 Å². The highest BCUT2D eigenvalue weighted by atomic mass is 19.1. The van der Waals surface area contributed by atoms with Crippen LogP contribution >= 0.6 is 0 Å². The van der Waals surface area contributed by atoms with Gasteiger partial charge in [-0.05, 0) is 29.8 Å². The van der Waals surface area contributed by atoms with Gasteiger partial charge in [-0.1, -0.05) is 18.2 Å². The van der Waals surface area contributed by atoms with E-state index in [1.54, 1.807) is 17.0 Å². The molecule has 0 bridgehead atoms. The Morgan fingerprint density at radius 1 is 1.19 bits per heavy atom. The minimum Gasteiger partial charge on any atom is -0.375 e. The molecule has 21 heavy (non-hydrogen) atoms. The van der Waals surface area contributed by atoms with Crippen molar-refractivity contribution in [3.63, 3.8) is 0 Å². The number of hydrogen-bond acceptors (Lipinski definition) is 3. The largest absolute Gasteiger partial charge is 0.375 e. The molecule has 0 spiro atoms. The van der Waals surface area contributed by atoms with Crippen LogP contribution < -0.4 is 10.2 Å². The van der Waals surface area contributed by atoms with Crippen molar-refractivity contribution in [3.8, 4) is 0 Å². The quantitative estimate of drug-likeness (QED) is 0.772. The maximum atomic E-state index is 13.9. The molecule has 108 valence electrons. The zero-order valence-electron chi connectivity index (χ0n) is 12.0. The fourth-order valence-corrected chi connectivity index (χ4v) is 2.25. The highest BCUT2D eigenvalue weighted by Gasteiger charge is 2.06. The van der Waals surface area contributed by atoms with Crippen LogP contribution in [0.5, 0.6) is 0 Å². The molecule has 3 aromatic rings. The molecule has 0 aliphatic heterocycles. The molecule has 3 rings (SSSR count). The predicted octanol–water partition coefficient (Wildman–Crippen LogP) is 3.38. The van der Waals surface area contributed by atoms with Crippen molar-refractivity contribution in [1.82, 2.24) is 9.97 Å². The first-order chi connectivity index (χ1) is 10.1. The molecule has 2 aromatic carbocycles. The van der Waals surface area contributed by atoms with Gasteiger partial charge in [0.2, 0.25) is 5.95 Å². The van der Waals surface area contributed by atoms with Crippen molar-refractivity contribution >= 4 is 22.7 Å². The average Bonchev–Trinajstić information content (AvgIpc) is 2.87. The molecule has 0 radical (unpaired) electrons. The first kappa shape index (κ1) is 13.4. The summed E-state index contributed by atoms with van der Waals surface area (Å²) in [5.74, 6) is 0.470. The lowest BCUT2D eigenvalue weighted by atomic mass is 10.2. The second-order valence-electron chi connectivity index (χ2n) is 5.14. The van der Waals surface area contributed by atoms with E-state index in [1.165, 1.54) is 0 Å². The van der Waals surface area contributed by atoms with Crippen molar-refractivity contribution in [2.45, 2.75) is 6.54 Å². The Morgan fingerprint density at radius 2 is 2.00 bits per heavy atom. The summed E-state index contributed by atoms with van der Waals surface area (Å²) in [4.78, 5) is 9.37. The summed E-state index contributed by atoms with van der Waals surface area (Å²) in [6, 6.07) is 13.1. The summed E-state index contributed by atoms with van der Waals surface area (Å²) in [7, 11) is 3.65. The normalized spacial score (nSPS) is 10.8. The van der Waals surface area contributed by atoms with Gasteiger partial charge in [0.1, 0.15) is 5.82 Å². The minimum absolute atomic E-state index is 0.219. The number of para-hydroxylation sites is 2. The number of anilines is 2. The molecule has 0 unspecified atom stereocenters. The summed E-state index contributed by atoms with van der Waals surface area (Å²) in [6.45, 7) is 0.518. The zero-order chi connectivity index (χ0) is 14.8. The van der Waals surface area contributed by atoms with Gasteiger partial charge < -0.3 is 15.2 Å². The number of aromatic amines is 1. The van der Waals surface area contributed by atoms with Crippen LogP contribution in [0.25, 0.3) is 11.0 Å². The summed E-state index contributed by atoms with van der Waals surface area (Å²) in [5.41, 5.74) is 3.35. The lowest BCUT2D eigenvalue weighted by molar-refractivity contribution is 0.624. The van der Waals surface area contributed by atoms with Crippen molar-refractivity contribution < 1.29 is 4.39 Å². The maximum absolute atomic E-state index is 13.9. The minimum atomic E-state index is -0.219. The number of imidazole rings is 1. The molecule has 0 atom stereocenters. The number of nitrogens with one attached hydrogen (secondary N) is 2. The van der Waals surface area contributed by atoms with Gasteiger partial charge in [0, 0.05) is 20.6 Å². The van der Waals surface area contributed by atoms with Crippen molar-refractivity contribution in [2.75, 3.05) is 24.3 Å². The lowest BCUT2D eigenvalue weighted by Gasteiger charge is -2.14. The van der Waals surface area contributed by atoms with Crippen LogP contribution in [-0.4, -0.2) is 24.1 Å². The number of nitrogens with zero attached hydrogens (tertiary/aromatic N) is 2. The molecule has 0 amide bonds. The zero-order valence-corrected chi connectivity index (χ0v) is 12.0. The molecule has 1 aromatic heterocycles. The molecule has 2 N–H and O–H groups in total. The Hall–Kier alpha value is -2.56. The summed E-state index contributed by atoms with van der Waals surface area (Å²) >= 11 is 0. The Bertz CT molecular complexity index is 731. The fraction of sp³-hybridized carbons (Fsp3) is 0.188. The molecular weight excluding hydrogens is 267 g/mol. The SMILES string of the molecule is CN(C)c1ccc(CNc2nc3ccccc3[nH]2)cc1F. The Balaban J connectivity index is 1.74. The van der Waals surface area contributed by atoms with Gasteiger partial charge in [0.05, 0.1) is 16.7 Å². The number of hydrogen-bond donors (Lipinski definition) is 2. The van der Waals surface area contributed by atoms with Crippen LogP contribution in [0.15, 0.2) is 42.5 Å². The Labute approximate surface area is 122 Å². The molecule has 0 aliphatic carbocycles. The van der Waals surface area contributed by atoms with Crippen LogP contribution in [0.3, 0.4) is 0 Å². The van der Waals surface area contributed by atoms with Gasteiger partial charge in [-0.25, -0.2) is 9.37 Å². The number of benzene rings is 2. The highest BCUT2D eigenvalue weighted by molar-refractivity contribution is 5.77. The van der Waals surface area contributed by atoms with Crippen LogP contribution in [0.1, 0.15) is 5.56 Å². The van der Waals surface area contributed by atoms with E-state index in [4.69, 9.17) is 0 Å². The standard InChI is InChI=1S/C16H17FN4/c1-21(2)15-8-7-11(9-12(15)17)10-18-16-19-13-5-3-4-6-14(13)20-16/h3-9H,10H2,1-2H3,(H2,18,19,20). The molecule has 4 nitrogen and oxygen atoms in total. The first-order valence-corrected chi connectivity index (χ1v) is 6.78. The molecule has 1 heterocycles. The van der Waals surface area contributed by atoms with Crippen LogP contribution in [0.4, 0.5) is 16.0 Å². The first-order valence-electron chi connectivity index (χ1n) is 6.78. The third kappa shape index (κ3) is 2.81.